The Kier molecular flexibility index (Phi) is 5.21. The molecule has 1 aromatic rings. The van der Waals surface area contributed by atoms with Crippen LogP contribution >= 0.6 is 0 Å². The van der Waals surface area contributed by atoms with Crippen molar-refractivity contribution in [1.29, 1.82) is 0 Å². The lowest BCUT2D eigenvalue weighted by atomic mass is 9.81. The number of Topliss-reactive ketones (excluding diaryl/α,β-unsaturated/α-hetero) is 1. The zero-order valence-corrected chi connectivity index (χ0v) is 15.4. The predicted octanol–water partition coefficient (Wildman–Crippen LogP) is 3.58. The molecule has 0 amide bonds. The summed E-state index contributed by atoms with van der Waals surface area (Å²) >= 11 is 0. The first-order valence-electron chi connectivity index (χ1n) is 10.1. The molecule has 1 N–H and O–H groups in total. The van der Waals surface area contributed by atoms with Crippen molar-refractivity contribution in [3.63, 3.8) is 0 Å². The number of benzene rings is 1. The number of nitrogens with zero attached hydrogens (tertiary/aromatic N) is 1. The van der Waals surface area contributed by atoms with E-state index in [1.807, 2.05) is 6.07 Å². The van der Waals surface area contributed by atoms with E-state index in [0.29, 0.717) is 16.8 Å². The van der Waals surface area contributed by atoms with E-state index in [4.69, 9.17) is 0 Å². The minimum atomic E-state index is -0.0761. The van der Waals surface area contributed by atoms with Gasteiger partial charge in [-0.2, -0.15) is 0 Å². The van der Waals surface area contributed by atoms with E-state index in [0.717, 1.165) is 24.9 Å². The van der Waals surface area contributed by atoms with Crippen LogP contribution in [0.2, 0.25) is 0 Å². The molecule has 2 saturated heterocycles. The molecule has 0 bridgehead atoms. The van der Waals surface area contributed by atoms with Gasteiger partial charge in [-0.1, -0.05) is 30.7 Å². The highest BCUT2D eigenvalue weighted by molar-refractivity contribution is 6.24. The molecule has 4 rings (SSSR count). The smallest absolute Gasteiger partial charge is 0.209 e. The zero-order valence-electron chi connectivity index (χ0n) is 15.4. The van der Waals surface area contributed by atoms with Crippen LogP contribution in [0.4, 0.5) is 0 Å². The van der Waals surface area contributed by atoms with Gasteiger partial charge in [-0.25, -0.2) is 0 Å². The number of piperidine rings is 2. The highest BCUT2D eigenvalue weighted by Gasteiger charge is 2.32. The van der Waals surface area contributed by atoms with Gasteiger partial charge in [0.25, 0.3) is 0 Å². The van der Waals surface area contributed by atoms with Crippen LogP contribution in [0.15, 0.2) is 36.0 Å². The predicted molar refractivity (Wildman–Crippen MR) is 102 cm³/mol. The summed E-state index contributed by atoms with van der Waals surface area (Å²) in [6.07, 6.45) is 10.5. The molecular formula is C22H28N2O2. The fraction of sp³-hybridized carbons (Fsp3) is 0.545. The Balaban J connectivity index is 1.30. The van der Waals surface area contributed by atoms with Crippen LogP contribution in [0.5, 0.6) is 0 Å². The second kappa shape index (κ2) is 7.75. The molecule has 2 aliphatic heterocycles. The molecule has 4 heteroatoms. The number of carbonyl (C=O) groups excluding carboxylic acids is 2. The number of hydrogen-bond acceptors (Lipinski definition) is 4. The van der Waals surface area contributed by atoms with E-state index in [-0.39, 0.29) is 11.6 Å². The first kappa shape index (κ1) is 17.5. The maximum atomic E-state index is 12.6. The second-order valence-electron chi connectivity index (χ2n) is 7.87. The number of ketones is 2. The summed E-state index contributed by atoms with van der Waals surface area (Å²) in [5.74, 6) is 0.661. The van der Waals surface area contributed by atoms with Crippen molar-refractivity contribution < 1.29 is 9.59 Å². The topological polar surface area (TPSA) is 49.4 Å². The van der Waals surface area contributed by atoms with Crippen molar-refractivity contribution in [2.45, 2.75) is 51.0 Å². The molecule has 4 nitrogen and oxygen atoms in total. The third kappa shape index (κ3) is 3.48. The van der Waals surface area contributed by atoms with E-state index < -0.39 is 0 Å². The Morgan fingerprint density at radius 1 is 1.00 bits per heavy atom. The summed E-state index contributed by atoms with van der Waals surface area (Å²) in [7, 11) is 0. The van der Waals surface area contributed by atoms with Gasteiger partial charge in [0.05, 0.1) is 5.70 Å². The number of fused-ring (bicyclic) bond motifs is 2. The van der Waals surface area contributed by atoms with Crippen LogP contribution in [0.25, 0.3) is 0 Å². The van der Waals surface area contributed by atoms with Crippen LogP contribution in [0.1, 0.15) is 65.7 Å². The number of nitrogens with one attached hydrogen (secondary N) is 1. The summed E-state index contributed by atoms with van der Waals surface area (Å²) in [6.45, 7) is 3.32. The fourth-order valence-electron chi connectivity index (χ4n) is 4.95. The minimum Gasteiger partial charge on any atom is -0.382 e. The minimum absolute atomic E-state index is 0.0590. The molecule has 0 radical (unpaired) electrons. The van der Waals surface area contributed by atoms with Crippen LogP contribution < -0.4 is 5.32 Å². The van der Waals surface area contributed by atoms with E-state index in [9.17, 15) is 9.59 Å². The van der Waals surface area contributed by atoms with Gasteiger partial charge >= 0.3 is 0 Å². The number of hydrogen-bond donors (Lipinski definition) is 1. The van der Waals surface area contributed by atoms with Crippen LogP contribution in [-0.2, 0) is 0 Å². The summed E-state index contributed by atoms with van der Waals surface area (Å²) in [5, 5.41) is 3.23. The molecule has 2 heterocycles. The van der Waals surface area contributed by atoms with Gasteiger partial charge in [0, 0.05) is 29.8 Å². The first-order valence-corrected chi connectivity index (χ1v) is 10.1. The Morgan fingerprint density at radius 3 is 2.69 bits per heavy atom. The molecule has 1 aliphatic carbocycles. The van der Waals surface area contributed by atoms with Crippen molar-refractivity contribution in [1.82, 2.24) is 10.2 Å². The Bertz CT molecular complexity index is 723. The van der Waals surface area contributed by atoms with Gasteiger partial charge in [0.1, 0.15) is 0 Å². The largest absolute Gasteiger partial charge is 0.382 e. The zero-order chi connectivity index (χ0) is 17.9. The molecular weight excluding hydrogens is 324 g/mol. The van der Waals surface area contributed by atoms with Crippen LogP contribution in [0.3, 0.4) is 0 Å². The second-order valence-corrected chi connectivity index (χ2v) is 7.87. The highest BCUT2D eigenvalue weighted by Crippen LogP contribution is 2.33. The maximum Gasteiger partial charge on any atom is 0.209 e. The summed E-state index contributed by atoms with van der Waals surface area (Å²) < 4.78 is 0. The lowest BCUT2D eigenvalue weighted by Crippen LogP contribution is -2.48. The van der Waals surface area contributed by atoms with E-state index in [1.165, 1.54) is 57.7 Å². The molecule has 2 atom stereocenters. The standard InChI is InChI=1S/C22H28N2O2/c25-21-15-19(22(26)18-10-2-1-9-17(18)21)23-12-5-7-16-8-6-14-24-13-4-3-11-20(16)24/h1-2,9-10,15-16,20,23H,3-8,11-14H2/t16-,20-/m1/s1. The quantitative estimate of drug-likeness (QED) is 0.823. The molecule has 3 aliphatic rings. The molecule has 0 saturated carbocycles. The van der Waals surface area contributed by atoms with Crippen molar-refractivity contribution in [2.24, 2.45) is 5.92 Å². The number of carbonyl (C=O) groups is 2. The van der Waals surface area contributed by atoms with Gasteiger partial charge in [-0.3, -0.25) is 9.59 Å². The molecule has 0 unspecified atom stereocenters. The van der Waals surface area contributed by atoms with Crippen LogP contribution in [0, 0.1) is 5.92 Å². The lowest BCUT2D eigenvalue weighted by molar-refractivity contribution is 0.0550. The van der Waals surface area contributed by atoms with Gasteiger partial charge in [-0.15, -0.1) is 0 Å². The summed E-state index contributed by atoms with van der Waals surface area (Å²) in [5.41, 5.74) is 1.49. The van der Waals surface area contributed by atoms with Crippen molar-refractivity contribution in [2.75, 3.05) is 19.6 Å². The van der Waals surface area contributed by atoms with Crippen LogP contribution in [-0.4, -0.2) is 42.1 Å². The first-order chi connectivity index (χ1) is 12.7. The Hall–Kier alpha value is -1.94. The SMILES string of the molecule is O=C1C=C(NCCC[C@@H]2CCCN3CCCC[C@H]23)C(=O)c2ccccc21. The third-order valence-electron chi connectivity index (χ3n) is 6.25. The van der Waals surface area contributed by atoms with Gasteiger partial charge in [0.15, 0.2) is 5.78 Å². The van der Waals surface area contributed by atoms with Gasteiger partial charge < -0.3 is 10.2 Å². The van der Waals surface area contributed by atoms with Crippen molar-refractivity contribution in [3.8, 4) is 0 Å². The molecule has 26 heavy (non-hydrogen) atoms. The van der Waals surface area contributed by atoms with Crippen molar-refractivity contribution in [3.05, 3.63) is 47.2 Å². The van der Waals surface area contributed by atoms with E-state index in [2.05, 4.69) is 10.2 Å². The van der Waals surface area contributed by atoms with E-state index >= 15 is 0 Å². The van der Waals surface area contributed by atoms with Gasteiger partial charge in [0.2, 0.25) is 5.78 Å². The molecule has 2 fully saturated rings. The fourth-order valence-corrected chi connectivity index (χ4v) is 4.95. The maximum absolute atomic E-state index is 12.6. The third-order valence-corrected chi connectivity index (χ3v) is 6.25. The number of allylic oxidation sites excluding steroid dienone is 2. The Morgan fingerprint density at radius 2 is 1.81 bits per heavy atom. The molecule has 0 aromatic heterocycles. The number of rotatable bonds is 5. The van der Waals surface area contributed by atoms with E-state index in [1.54, 1.807) is 18.2 Å². The molecule has 0 spiro atoms. The lowest BCUT2D eigenvalue weighted by Gasteiger charge is -2.44. The summed E-state index contributed by atoms with van der Waals surface area (Å²) in [6, 6.07) is 7.86. The molecule has 138 valence electrons. The molecule has 1 aromatic carbocycles. The monoisotopic (exact) mass is 352 g/mol. The average molecular weight is 352 g/mol. The van der Waals surface area contributed by atoms with Crippen molar-refractivity contribution >= 4 is 11.6 Å². The highest BCUT2D eigenvalue weighted by atomic mass is 16.1. The van der Waals surface area contributed by atoms with Gasteiger partial charge in [-0.05, 0) is 57.5 Å². The average Bonchev–Trinajstić information content (AvgIpc) is 2.69. The normalized spacial score (nSPS) is 26.1. The summed E-state index contributed by atoms with van der Waals surface area (Å²) in [4.78, 5) is 27.5. The Labute approximate surface area is 155 Å².